The number of nitrogens with one attached hydrogen (secondary N) is 1. The van der Waals surface area contributed by atoms with Crippen LogP contribution < -0.4 is 10.1 Å². The van der Waals surface area contributed by atoms with Crippen LogP contribution in [0.3, 0.4) is 0 Å². The molecule has 2 N–H and O–H groups in total. The van der Waals surface area contributed by atoms with E-state index < -0.39 is 12.0 Å². The maximum absolute atomic E-state index is 10.8. The monoisotopic (exact) mass is 271 g/mol. The molecule has 0 amide bonds. The minimum atomic E-state index is -0.843. The first-order valence-electron chi connectivity index (χ1n) is 4.47. The zero-order chi connectivity index (χ0) is 11.0. The molecule has 1 aliphatic heterocycles. The van der Waals surface area contributed by atoms with Crippen LogP contribution in [0.4, 0.5) is 5.69 Å². The Bertz CT molecular complexity index is 419. The third-order valence-electron chi connectivity index (χ3n) is 2.41. The van der Waals surface area contributed by atoms with E-state index in [4.69, 9.17) is 9.84 Å². The summed E-state index contributed by atoms with van der Waals surface area (Å²) < 4.78 is 6.07. The zero-order valence-corrected chi connectivity index (χ0v) is 9.67. The van der Waals surface area contributed by atoms with E-state index in [9.17, 15) is 4.79 Å². The highest BCUT2D eigenvalue weighted by atomic mass is 79.9. The van der Waals surface area contributed by atoms with Gasteiger partial charge in [-0.25, -0.2) is 4.79 Å². The van der Waals surface area contributed by atoms with Crippen molar-refractivity contribution in [1.82, 2.24) is 0 Å². The quantitative estimate of drug-likeness (QED) is 0.863. The van der Waals surface area contributed by atoms with Crippen LogP contribution in [0.25, 0.3) is 0 Å². The maximum atomic E-state index is 10.8. The molecule has 1 atom stereocenters. The summed E-state index contributed by atoms with van der Waals surface area (Å²) in [4.78, 5) is 10.8. The third kappa shape index (κ3) is 1.79. The number of ether oxygens (including phenoxy) is 1. The van der Waals surface area contributed by atoms with Crippen molar-refractivity contribution >= 4 is 27.6 Å². The molecule has 0 fully saturated rings. The second-order valence-electron chi connectivity index (χ2n) is 3.38. The van der Waals surface area contributed by atoms with Gasteiger partial charge in [0, 0.05) is 10.9 Å². The summed E-state index contributed by atoms with van der Waals surface area (Å²) in [5.41, 5.74) is 1.75. The first-order valence-corrected chi connectivity index (χ1v) is 5.27. The fourth-order valence-electron chi connectivity index (χ4n) is 1.72. The van der Waals surface area contributed by atoms with Gasteiger partial charge in [-0.15, -0.1) is 0 Å². The van der Waals surface area contributed by atoms with Crippen molar-refractivity contribution in [2.24, 2.45) is 0 Å². The standard InChI is InChI=1S/C10H10BrNO3/c1-15-8-4-6(11)2-5-3-7(10(13)14)12-9(5)8/h2,4,7,12H,3H2,1H3,(H,13,14). The number of carboxylic acid groups (broad SMARTS) is 1. The average Bonchev–Trinajstić information content (AvgIpc) is 2.59. The largest absolute Gasteiger partial charge is 0.495 e. The number of aliphatic carboxylic acids is 1. The van der Waals surface area contributed by atoms with E-state index in [1.165, 1.54) is 0 Å². The van der Waals surface area contributed by atoms with E-state index in [1.54, 1.807) is 7.11 Å². The second-order valence-corrected chi connectivity index (χ2v) is 4.30. The van der Waals surface area contributed by atoms with Gasteiger partial charge in [-0.2, -0.15) is 0 Å². The third-order valence-corrected chi connectivity index (χ3v) is 2.87. The van der Waals surface area contributed by atoms with Gasteiger partial charge in [0.15, 0.2) is 0 Å². The summed E-state index contributed by atoms with van der Waals surface area (Å²) in [5.74, 6) is -0.174. The lowest BCUT2D eigenvalue weighted by atomic mass is 10.1. The predicted octanol–water partition coefficient (Wildman–Crippen LogP) is 1.88. The highest BCUT2D eigenvalue weighted by Gasteiger charge is 2.28. The molecule has 80 valence electrons. The van der Waals surface area contributed by atoms with E-state index >= 15 is 0 Å². The van der Waals surface area contributed by atoms with E-state index in [1.807, 2.05) is 12.1 Å². The van der Waals surface area contributed by atoms with Gasteiger partial charge in [-0.1, -0.05) is 15.9 Å². The molecule has 0 saturated carbocycles. The van der Waals surface area contributed by atoms with Gasteiger partial charge in [0.1, 0.15) is 11.8 Å². The van der Waals surface area contributed by atoms with Crippen LogP contribution in [-0.4, -0.2) is 24.2 Å². The zero-order valence-electron chi connectivity index (χ0n) is 8.08. The first kappa shape index (κ1) is 10.3. The smallest absolute Gasteiger partial charge is 0.326 e. The highest BCUT2D eigenvalue weighted by Crippen LogP contribution is 2.37. The van der Waals surface area contributed by atoms with Crippen LogP contribution in [-0.2, 0) is 11.2 Å². The molecule has 2 rings (SSSR count). The van der Waals surface area contributed by atoms with Crippen LogP contribution >= 0.6 is 15.9 Å². The minimum absolute atomic E-state index is 0.487. The first-order chi connectivity index (χ1) is 7.11. The minimum Gasteiger partial charge on any atom is -0.495 e. The molecular weight excluding hydrogens is 262 g/mol. The lowest BCUT2D eigenvalue weighted by Gasteiger charge is -2.09. The van der Waals surface area contributed by atoms with Crippen LogP contribution in [0.5, 0.6) is 5.75 Å². The number of methoxy groups -OCH3 is 1. The van der Waals surface area contributed by atoms with E-state index in [-0.39, 0.29) is 0 Å². The van der Waals surface area contributed by atoms with Crippen LogP contribution in [0, 0.1) is 0 Å². The van der Waals surface area contributed by atoms with Gasteiger partial charge in [0.25, 0.3) is 0 Å². The molecule has 15 heavy (non-hydrogen) atoms. The maximum Gasteiger partial charge on any atom is 0.326 e. The van der Waals surface area contributed by atoms with Crippen molar-refractivity contribution in [2.75, 3.05) is 12.4 Å². The number of fused-ring (bicyclic) bond motifs is 1. The molecule has 0 aliphatic carbocycles. The Labute approximate surface area is 95.4 Å². The van der Waals surface area contributed by atoms with Crippen molar-refractivity contribution in [3.05, 3.63) is 22.2 Å². The van der Waals surface area contributed by atoms with E-state index in [0.717, 1.165) is 15.7 Å². The summed E-state index contributed by atoms with van der Waals surface area (Å²) in [6.45, 7) is 0. The summed E-state index contributed by atoms with van der Waals surface area (Å²) in [7, 11) is 1.57. The Morgan fingerprint density at radius 1 is 1.67 bits per heavy atom. The molecule has 0 radical (unpaired) electrons. The number of carboxylic acids is 1. The fourth-order valence-corrected chi connectivity index (χ4v) is 2.20. The lowest BCUT2D eigenvalue weighted by molar-refractivity contribution is -0.137. The molecule has 1 aliphatic rings. The van der Waals surface area contributed by atoms with Crippen molar-refractivity contribution < 1.29 is 14.6 Å². The normalized spacial score (nSPS) is 18.1. The van der Waals surface area contributed by atoms with Crippen molar-refractivity contribution in [3.8, 4) is 5.75 Å². The van der Waals surface area contributed by atoms with Crippen LogP contribution in [0.1, 0.15) is 5.56 Å². The summed E-state index contributed by atoms with van der Waals surface area (Å²) in [6.07, 6.45) is 0.487. The van der Waals surface area contributed by atoms with Gasteiger partial charge in [-0.05, 0) is 17.7 Å². The van der Waals surface area contributed by atoms with Gasteiger partial charge in [0.05, 0.1) is 12.8 Å². The lowest BCUT2D eigenvalue weighted by Crippen LogP contribution is -2.26. The molecule has 5 heteroatoms. The Kier molecular flexibility index (Phi) is 2.56. The Hall–Kier alpha value is -1.23. The number of halogens is 1. The SMILES string of the molecule is COc1cc(Br)cc2c1NC(C(=O)O)C2. The fraction of sp³-hybridized carbons (Fsp3) is 0.300. The second kappa shape index (κ2) is 3.73. The summed E-state index contributed by atoms with van der Waals surface area (Å²) in [6, 6.07) is 3.17. The van der Waals surface area contributed by atoms with E-state index in [0.29, 0.717) is 12.2 Å². The number of carbonyl (C=O) groups is 1. The molecule has 1 aromatic rings. The molecule has 1 aromatic carbocycles. The summed E-state index contributed by atoms with van der Waals surface area (Å²) in [5, 5.41) is 11.8. The molecule has 0 spiro atoms. The average molecular weight is 272 g/mol. The molecule has 0 saturated heterocycles. The molecule has 0 aromatic heterocycles. The Balaban J connectivity index is 2.40. The Morgan fingerprint density at radius 2 is 2.40 bits per heavy atom. The van der Waals surface area contributed by atoms with Gasteiger partial charge >= 0.3 is 5.97 Å². The predicted molar refractivity (Wildman–Crippen MR) is 59.4 cm³/mol. The molecular formula is C10H10BrNO3. The van der Waals surface area contributed by atoms with Crippen molar-refractivity contribution in [2.45, 2.75) is 12.5 Å². The topological polar surface area (TPSA) is 58.6 Å². The number of hydrogen-bond acceptors (Lipinski definition) is 3. The van der Waals surface area contributed by atoms with E-state index in [2.05, 4.69) is 21.2 Å². The van der Waals surface area contributed by atoms with Crippen LogP contribution in [0.2, 0.25) is 0 Å². The van der Waals surface area contributed by atoms with Gasteiger partial charge < -0.3 is 15.2 Å². The summed E-state index contributed by atoms with van der Waals surface area (Å²) >= 11 is 3.36. The molecule has 4 nitrogen and oxygen atoms in total. The highest BCUT2D eigenvalue weighted by molar-refractivity contribution is 9.10. The number of benzene rings is 1. The van der Waals surface area contributed by atoms with Gasteiger partial charge in [-0.3, -0.25) is 0 Å². The number of rotatable bonds is 2. The van der Waals surface area contributed by atoms with Crippen molar-refractivity contribution in [3.63, 3.8) is 0 Å². The molecule has 1 unspecified atom stereocenters. The van der Waals surface area contributed by atoms with Crippen LogP contribution in [0.15, 0.2) is 16.6 Å². The van der Waals surface area contributed by atoms with Gasteiger partial charge in [0.2, 0.25) is 0 Å². The van der Waals surface area contributed by atoms with Crippen molar-refractivity contribution in [1.29, 1.82) is 0 Å². The molecule has 0 bridgehead atoms. The number of hydrogen-bond donors (Lipinski definition) is 2. The molecule has 1 heterocycles. The number of anilines is 1. The Morgan fingerprint density at radius 3 is 3.00 bits per heavy atom.